The van der Waals surface area contributed by atoms with Gasteiger partial charge in [0, 0.05) is 0 Å². The summed E-state index contributed by atoms with van der Waals surface area (Å²) >= 11 is 0. The Kier molecular flexibility index (Phi) is 10.9. The molecule has 0 radical (unpaired) electrons. The van der Waals surface area contributed by atoms with Gasteiger partial charge >= 0.3 is 5.97 Å². The molecule has 0 heterocycles. The molecule has 3 fully saturated rings. The maximum absolute atomic E-state index is 13.8. The summed E-state index contributed by atoms with van der Waals surface area (Å²) in [4.78, 5) is 13.8. The Hall–Kier alpha value is -0.530. The van der Waals surface area contributed by atoms with E-state index in [0.29, 0.717) is 6.61 Å². The lowest BCUT2D eigenvalue weighted by Gasteiger charge is -2.55. The highest BCUT2D eigenvalue weighted by Crippen LogP contribution is 2.61. The zero-order chi connectivity index (χ0) is 22.7. The number of esters is 1. The lowest BCUT2D eigenvalue weighted by molar-refractivity contribution is -0.175. The van der Waals surface area contributed by atoms with Crippen LogP contribution in [-0.2, 0) is 9.53 Å². The third-order valence-electron chi connectivity index (χ3n) is 9.88. The number of unbranched alkanes of at least 4 members (excludes halogenated alkanes) is 5. The van der Waals surface area contributed by atoms with E-state index in [1.54, 1.807) is 0 Å². The van der Waals surface area contributed by atoms with Crippen molar-refractivity contribution in [3.05, 3.63) is 0 Å². The Balaban J connectivity index is 1.62. The number of carbonyl (C=O) groups excluding carboxylic acids is 1. The van der Waals surface area contributed by atoms with Gasteiger partial charge in [-0.2, -0.15) is 0 Å². The Bertz CT molecular complexity index is 519. The summed E-state index contributed by atoms with van der Waals surface area (Å²) in [6.07, 6.45) is 28.5. The van der Waals surface area contributed by atoms with Gasteiger partial charge in [0.15, 0.2) is 0 Å². The monoisotopic (exact) mass is 446 g/mol. The second-order valence-corrected chi connectivity index (χ2v) is 11.8. The van der Waals surface area contributed by atoms with Crippen LogP contribution in [0.2, 0.25) is 0 Å². The molecule has 3 rings (SSSR count). The van der Waals surface area contributed by atoms with E-state index in [-0.39, 0.29) is 16.8 Å². The molecule has 3 saturated carbocycles. The molecule has 0 aromatic rings. The van der Waals surface area contributed by atoms with Crippen molar-refractivity contribution >= 4 is 5.97 Å². The lowest BCUT2D eigenvalue weighted by Crippen LogP contribution is -2.52. The predicted molar refractivity (Wildman–Crippen MR) is 136 cm³/mol. The molecule has 186 valence electrons. The number of hydrogen-bond acceptors (Lipinski definition) is 2. The molecular weight excluding hydrogens is 392 g/mol. The Morgan fingerprint density at radius 1 is 0.688 bits per heavy atom. The van der Waals surface area contributed by atoms with Gasteiger partial charge < -0.3 is 4.74 Å². The average molecular weight is 447 g/mol. The maximum atomic E-state index is 13.8. The van der Waals surface area contributed by atoms with Gasteiger partial charge in [-0.15, -0.1) is 0 Å². The molecule has 0 unspecified atom stereocenters. The lowest BCUT2D eigenvalue weighted by atomic mass is 9.49. The van der Waals surface area contributed by atoms with Gasteiger partial charge in [0.1, 0.15) is 0 Å². The summed E-state index contributed by atoms with van der Waals surface area (Å²) < 4.78 is 6.12. The van der Waals surface area contributed by atoms with Crippen molar-refractivity contribution < 1.29 is 9.53 Å². The van der Waals surface area contributed by atoms with Gasteiger partial charge in [-0.1, -0.05) is 104 Å². The van der Waals surface area contributed by atoms with Gasteiger partial charge in [0.25, 0.3) is 0 Å². The van der Waals surface area contributed by atoms with Crippen LogP contribution in [0.15, 0.2) is 0 Å². The van der Waals surface area contributed by atoms with Crippen LogP contribution >= 0.6 is 0 Å². The Morgan fingerprint density at radius 2 is 1.28 bits per heavy atom. The molecule has 0 aromatic carbocycles. The average Bonchev–Trinajstić information content (AvgIpc) is 2.85. The number of ether oxygens (including phenoxy) is 1. The molecule has 0 saturated heterocycles. The first kappa shape index (κ1) is 26.1. The normalized spacial score (nSPS) is 29.0. The third-order valence-corrected chi connectivity index (χ3v) is 9.88. The van der Waals surface area contributed by atoms with Gasteiger partial charge in [-0.3, -0.25) is 4.79 Å². The topological polar surface area (TPSA) is 26.3 Å². The molecule has 0 atom stereocenters. The fourth-order valence-electron chi connectivity index (χ4n) is 8.01. The summed E-state index contributed by atoms with van der Waals surface area (Å²) in [6, 6.07) is 0. The van der Waals surface area contributed by atoms with Gasteiger partial charge in [-0.25, -0.2) is 0 Å². The zero-order valence-electron chi connectivity index (χ0n) is 21.7. The van der Waals surface area contributed by atoms with Gasteiger partial charge in [-0.05, 0) is 68.6 Å². The smallest absolute Gasteiger partial charge is 0.312 e. The first-order valence-electron chi connectivity index (χ1n) is 14.8. The van der Waals surface area contributed by atoms with E-state index in [2.05, 4.69) is 13.8 Å². The van der Waals surface area contributed by atoms with E-state index in [0.717, 1.165) is 31.1 Å². The Morgan fingerprint density at radius 3 is 1.94 bits per heavy atom. The minimum Gasteiger partial charge on any atom is -0.465 e. The van der Waals surface area contributed by atoms with E-state index in [1.807, 2.05) is 0 Å². The maximum Gasteiger partial charge on any atom is 0.312 e. The number of hydrogen-bond donors (Lipinski definition) is 0. The minimum atomic E-state index is -0.180. The van der Waals surface area contributed by atoms with Crippen LogP contribution < -0.4 is 0 Å². The highest BCUT2D eigenvalue weighted by Gasteiger charge is 2.57. The summed E-state index contributed by atoms with van der Waals surface area (Å²) in [5.74, 6) is 2.11. The summed E-state index contributed by atoms with van der Waals surface area (Å²) in [7, 11) is 0. The van der Waals surface area contributed by atoms with Crippen LogP contribution in [0.25, 0.3) is 0 Å². The number of carbonyl (C=O) groups is 1. The van der Waals surface area contributed by atoms with E-state index in [1.165, 1.54) is 122 Å². The van der Waals surface area contributed by atoms with E-state index < -0.39 is 0 Å². The first-order valence-corrected chi connectivity index (χ1v) is 14.8. The first-order chi connectivity index (χ1) is 15.7. The molecular formula is C30H54O2. The molecule has 3 aliphatic rings. The van der Waals surface area contributed by atoms with Crippen LogP contribution in [0.5, 0.6) is 0 Å². The molecule has 0 aromatic heterocycles. The van der Waals surface area contributed by atoms with Crippen molar-refractivity contribution in [2.45, 2.75) is 155 Å². The van der Waals surface area contributed by atoms with Crippen molar-refractivity contribution in [2.75, 3.05) is 6.61 Å². The minimum absolute atomic E-state index is 0.180. The van der Waals surface area contributed by atoms with Crippen molar-refractivity contribution in [1.82, 2.24) is 0 Å². The van der Waals surface area contributed by atoms with E-state index >= 15 is 0 Å². The van der Waals surface area contributed by atoms with Gasteiger partial charge in [0.2, 0.25) is 0 Å². The van der Waals surface area contributed by atoms with Crippen LogP contribution in [0.4, 0.5) is 0 Å². The summed E-state index contributed by atoms with van der Waals surface area (Å²) in [5, 5.41) is 0. The third kappa shape index (κ3) is 6.32. The molecule has 0 bridgehead atoms. The molecule has 0 N–H and O–H groups in total. The van der Waals surface area contributed by atoms with E-state index in [9.17, 15) is 4.79 Å². The SMILES string of the molecule is CCCCCCCCOC(=O)C1(C2(CCC)CCC(C3CCCCC3)CC2)CCCCC1. The fraction of sp³-hybridized carbons (Fsp3) is 0.967. The molecule has 0 spiro atoms. The van der Waals surface area contributed by atoms with Crippen LogP contribution in [0, 0.1) is 22.7 Å². The second kappa shape index (κ2) is 13.4. The van der Waals surface area contributed by atoms with Gasteiger partial charge in [0.05, 0.1) is 12.0 Å². The molecule has 2 heteroatoms. The Labute approximate surface area is 200 Å². The largest absolute Gasteiger partial charge is 0.465 e. The summed E-state index contributed by atoms with van der Waals surface area (Å²) in [6.45, 7) is 5.26. The molecule has 0 aliphatic heterocycles. The molecule has 0 amide bonds. The highest BCUT2D eigenvalue weighted by atomic mass is 16.5. The molecule has 3 aliphatic carbocycles. The fourth-order valence-corrected chi connectivity index (χ4v) is 8.01. The van der Waals surface area contributed by atoms with Crippen molar-refractivity contribution in [1.29, 1.82) is 0 Å². The summed E-state index contributed by atoms with van der Waals surface area (Å²) in [5.41, 5.74) is 0.0343. The highest BCUT2D eigenvalue weighted by molar-refractivity contribution is 5.78. The van der Waals surface area contributed by atoms with Crippen LogP contribution in [0.1, 0.15) is 155 Å². The van der Waals surface area contributed by atoms with Crippen molar-refractivity contribution in [3.63, 3.8) is 0 Å². The zero-order valence-corrected chi connectivity index (χ0v) is 21.7. The standard InChI is InChI=1S/C30H54O2/c1-3-5-6-7-8-15-25-32-28(31)30(21-13-10-14-22-30)29(20-4-2)23-18-27(19-24-29)26-16-11-9-12-17-26/h26-27H,3-25H2,1-2H3. The molecule has 2 nitrogen and oxygen atoms in total. The predicted octanol–water partition coefficient (Wildman–Crippen LogP) is 9.40. The number of rotatable bonds is 12. The quantitative estimate of drug-likeness (QED) is 0.220. The van der Waals surface area contributed by atoms with Crippen molar-refractivity contribution in [3.8, 4) is 0 Å². The van der Waals surface area contributed by atoms with Crippen molar-refractivity contribution in [2.24, 2.45) is 22.7 Å². The second-order valence-electron chi connectivity index (χ2n) is 11.8. The molecule has 32 heavy (non-hydrogen) atoms. The van der Waals surface area contributed by atoms with Crippen LogP contribution in [-0.4, -0.2) is 12.6 Å². The van der Waals surface area contributed by atoms with Crippen LogP contribution in [0.3, 0.4) is 0 Å². The van der Waals surface area contributed by atoms with E-state index in [4.69, 9.17) is 4.74 Å².